The average molecular weight is 198 g/mol. The monoisotopic (exact) mass is 198 g/mol. The van der Waals surface area contributed by atoms with Gasteiger partial charge in [0.2, 0.25) is 0 Å². The third-order valence-corrected chi connectivity index (χ3v) is 3.40. The highest BCUT2D eigenvalue weighted by molar-refractivity contribution is 7.10. The maximum atomic E-state index is 5.51. The summed E-state index contributed by atoms with van der Waals surface area (Å²) >= 11 is 1.71. The van der Waals surface area contributed by atoms with Gasteiger partial charge in [0.1, 0.15) is 5.75 Å². The standard InChI is InChI=1S/C9H14N2OS/c1-12-7-4-8(13-5-7)9(11-10)6-2-3-6/h4-6,9,11H,2-3,10H2,1H3. The van der Waals surface area contributed by atoms with Gasteiger partial charge in [0, 0.05) is 10.3 Å². The number of ether oxygens (including phenoxy) is 1. The molecule has 0 saturated heterocycles. The number of hydrogen-bond acceptors (Lipinski definition) is 4. The number of hydrazine groups is 1. The highest BCUT2D eigenvalue weighted by Crippen LogP contribution is 2.43. The second-order valence-corrected chi connectivity index (χ2v) is 4.31. The lowest BCUT2D eigenvalue weighted by Gasteiger charge is -2.11. The molecule has 1 saturated carbocycles. The minimum Gasteiger partial charge on any atom is -0.496 e. The molecule has 72 valence electrons. The summed E-state index contributed by atoms with van der Waals surface area (Å²) < 4.78 is 5.13. The van der Waals surface area contributed by atoms with Crippen LogP contribution in [0.1, 0.15) is 23.8 Å². The number of thiophene rings is 1. The van der Waals surface area contributed by atoms with Gasteiger partial charge in [0.15, 0.2) is 0 Å². The lowest BCUT2D eigenvalue weighted by Crippen LogP contribution is -2.28. The largest absolute Gasteiger partial charge is 0.496 e. The predicted octanol–water partition coefficient (Wildman–Crippen LogP) is 1.67. The molecule has 1 heterocycles. The molecule has 0 amide bonds. The molecule has 13 heavy (non-hydrogen) atoms. The van der Waals surface area contributed by atoms with E-state index in [1.54, 1.807) is 18.4 Å². The van der Waals surface area contributed by atoms with Crippen LogP contribution >= 0.6 is 11.3 Å². The van der Waals surface area contributed by atoms with Gasteiger partial charge in [-0.2, -0.15) is 0 Å². The van der Waals surface area contributed by atoms with E-state index in [1.165, 1.54) is 17.7 Å². The molecular weight excluding hydrogens is 184 g/mol. The zero-order valence-corrected chi connectivity index (χ0v) is 8.43. The van der Waals surface area contributed by atoms with Crippen LogP contribution in [0.3, 0.4) is 0 Å². The van der Waals surface area contributed by atoms with E-state index in [2.05, 4.69) is 11.5 Å². The van der Waals surface area contributed by atoms with Gasteiger partial charge in [0.25, 0.3) is 0 Å². The van der Waals surface area contributed by atoms with Gasteiger partial charge in [-0.05, 0) is 24.8 Å². The maximum absolute atomic E-state index is 5.51. The van der Waals surface area contributed by atoms with E-state index < -0.39 is 0 Å². The number of nitrogens with one attached hydrogen (secondary N) is 1. The van der Waals surface area contributed by atoms with Crippen LogP contribution in [0.4, 0.5) is 0 Å². The quantitative estimate of drug-likeness (QED) is 0.571. The van der Waals surface area contributed by atoms with Gasteiger partial charge >= 0.3 is 0 Å². The summed E-state index contributed by atoms with van der Waals surface area (Å²) in [6.45, 7) is 0. The van der Waals surface area contributed by atoms with Gasteiger partial charge in [0.05, 0.1) is 13.2 Å². The molecule has 3 N–H and O–H groups in total. The van der Waals surface area contributed by atoms with Crippen molar-refractivity contribution in [3.63, 3.8) is 0 Å². The van der Waals surface area contributed by atoms with Crippen LogP contribution in [-0.4, -0.2) is 7.11 Å². The van der Waals surface area contributed by atoms with Crippen molar-refractivity contribution in [1.29, 1.82) is 0 Å². The van der Waals surface area contributed by atoms with Gasteiger partial charge in [-0.3, -0.25) is 11.3 Å². The van der Waals surface area contributed by atoms with Crippen molar-refractivity contribution < 1.29 is 4.74 Å². The van der Waals surface area contributed by atoms with Crippen molar-refractivity contribution in [3.05, 3.63) is 16.3 Å². The van der Waals surface area contributed by atoms with Gasteiger partial charge in [-0.25, -0.2) is 0 Å². The highest BCUT2D eigenvalue weighted by atomic mass is 32.1. The maximum Gasteiger partial charge on any atom is 0.129 e. The van der Waals surface area contributed by atoms with E-state index in [-0.39, 0.29) is 0 Å². The van der Waals surface area contributed by atoms with Crippen molar-refractivity contribution in [3.8, 4) is 5.75 Å². The Morgan fingerprint density at radius 3 is 2.92 bits per heavy atom. The fourth-order valence-corrected chi connectivity index (χ4v) is 2.49. The Bertz CT molecular complexity index is 283. The third kappa shape index (κ3) is 1.85. The molecule has 0 spiro atoms. The fourth-order valence-electron chi connectivity index (χ4n) is 1.48. The molecule has 4 heteroatoms. The Morgan fingerprint density at radius 1 is 1.69 bits per heavy atom. The van der Waals surface area contributed by atoms with Gasteiger partial charge < -0.3 is 4.74 Å². The zero-order chi connectivity index (χ0) is 9.26. The minimum atomic E-state index is 0.328. The summed E-state index contributed by atoms with van der Waals surface area (Å²) in [7, 11) is 1.69. The van der Waals surface area contributed by atoms with E-state index in [1.807, 2.05) is 5.38 Å². The smallest absolute Gasteiger partial charge is 0.129 e. The summed E-state index contributed by atoms with van der Waals surface area (Å²) in [5, 5.41) is 2.02. The number of hydrogen-bond donors (Lipinski definition) is 2. The SMILES string of the molecule is COc1csc(C(NN)C2CC2)c1. The lowest BCUT2D eigenvalue weighted by molar-refractivity contribution is 0.415. The molecule has 0 aromatic carbocycles. The average Bonchev–Trinajstić information content (AvgIpc) is 2.85. The molecular formula is C9H14N2OS. The Labute approximate surface area is 81.9 Å². The van der Waals surface area contributed by atoms with E-state index >= 15 is 0 Å². The van der Waals surface area contributed by atoms with Crippen LogP contribution in [-0.2, 0) is 0 Å². The molecule has 0 aliphatic heterocycles. The number of nitrogens with two attached hydrogens (primary N) is 1. The van der Waals surface area contributed by atoms with Crippen LogP contribution in [0, 0.1) is 5.92 Å². The molecule has 1 fully saturated rings. The van der Waals surface area contributed by atoms with Crippen LogP contribution in [0.5, 0.6) is 5.75 Å². The van der Waals surface area contributed by atoms with Crippen LogP contribution in [0.25, 0.3) is 0 Å². The molecule has 0 bridgehead atoms. The molecule has 1 aliphatic carbocycles. The predicted molar refractivity (Wildman–Crippen MR) is 53.7 cm³/mol. The Kier molecular flexibility index (Phi) is 2.53. The minimum absolute atomic E-state index is 0.328. The van der Waals surface area contributed by atoms with Crippen molar-refractivity contribution in [2.45, 2.75) is 18.9 Å². The summed E-state index contributed by atoms with van der Waals surface area (Å²) in [5.41, 5.74) is 2.87. The molecule has 1 aromatic rings. The van der Waals surface area contributed by atoms with Crippen molar-refractivity contribution >= 4 is 11.3 Å². The Hall–Kier alpha value is -0.580. The molecule has 1 atom stereocenters. The normalized spacial score (nSPS) is 18.6. The number of methoxy groups -OCH3 is 1. The van der Waals surface area contributed by atoms with Crippen molar-refractivity contribution in [2.24, 2.45) is 11.8 Å². The summed E-state index contributed by atoms with van der Waals surface area (Å²) in [6, 6.07) is 2.39. The lowest BCUT2D eigenvalue weighted by atomic mass is 10.1. The fraction of sp³-hybridized carbons (Fsp3) is 0.556. The molecule has 1 aromatic heterocycles. The third-order valence-electron chi connectivity index (χ3n) is 2.41. The van der Waals surface area contributed by atoms with E-state index in [4.69, 9.17) is 10.6 Å². The Morgan fingerprint density at radius 2 is 2.46 bits per heavy atom. The van der Waals surface area contributed by atoms with Gasteiger partial charge in [-0.1, -0.05) is 0 Å². The summed E-state index contributed by atoms with van der Waals surface area (Å²) in [6.07, 6.45) is 2.57. The molecule has 1 aliphatic rings. The first kappa shape index (κ1) is 8.99. The Balaban J connectivity index is 2.12. The summed E-state index contributed by atoms with van der Waals surface area (Å²) in [5.74, 6) is 7.17. The first-order valence-corrected chi connectivity index (χ1v) is 5.31. The van der Waals surface area contributed by atoms with E-state index in [0.29, 0.717) is 6.04 Å². The van der Waals surface area contributed by atoms with Gasteiger partial charge in [-0.15, -0.1) is 11.3 Å². The highest BCUT2D eigenvalue weighted by Gasteiger charge is 2.32. The topological polar surface area (TPSA) is 47.3 Å². The van der Waals surface area contributed by atoms with Crippen LogP contribution < -0.4 is 16.0 Å². The van der Waals surface area contributed by atoms with Crippen LogP contribution in [0.2, 0.25) is 0 Å². The molecule has 0 radical (unpaired) electrons. The van der Waals surface area contributed by atoms with E-state index in [9.17, 15) is 0 Å². The molecule has 2 rings (SSSR count). The summed E-state index contributed by atoms with van der Waals surface area (Å²) in [4.78, 5) is 1.28. The zero-order valence-electron chi connectivity index (χ0n) is 7.62. The van der Waals surface area contributed by atoms with E-state index in [0.717, 1.165) is 11.7 Å². The first-order chi connectivity index (χ1) is 6.35. The van der Waals surface area contributed by atoms with Crippen molar-refractivity contribution in [2.75, 3.05) is 7.11 Å². The van der Waals surface area contributed by atoms with Crippen molar-refractivity contribution in [1.82, 2.24) is 5.43 Å². The molecule has 3 nitrogen and oxygen atoms in total. The molecule has 1 unspecified atom stereocenters. The second kappa shape index (κ2) is 3.65. The van der Waals surface area contributed by atoms with Crippen LogP contribution in [0.15, 0.2) is 11.4 Å². The second-order valence-electron chi connectivity index (χ2n) is 3.37. The number of rotatable bonds is 4. The first-order valence-electron chi connectivity index (χ1n) is 4.43.